The van der Waals surface area contributed by atoms with E-state index >= 15 is 0 Å². The van der Waals surface area contributed by atoms with E-state index in [2.05, 4.69) is 5.32 Å². The van der Waals surface area contributed by atoms with Gasteiger partial charge in [-0.1, -0.05) is 41.5 Å². The molecule has 0 rings (SSSR count). The summed E-state index contributed by atoms with van der Waals surface area (Å²) in [5, 5.41) is 12.0. The van der Waals surface area contributed by atoms with Crippen LogP contribution in [0.15, 0.2) is 0 Å². The number of aliphatic hydroxyl groups excluding tert-OH is 1. The van der Waals surface area contributed by atoms with Crippen LogP contribution in [0.5, 0.6) is 0 Å². The number of aliphatic hydroxyl groups is 1. The van der Waals surface area contributed by atoms with E-state index in [1.807, 2.05) is 41.5 Å². The van der Waals surface area contributed by atoms with Crippen molar-refractivity contribution >= 4 is 5.91 Å². The number of carbonyl (C=O) groups excluding carboxylic acids is 1. The number of nitrogens with one attached hydrogen (secondary N) is 1. The number of amides is 1. The molecule has 2 N–H and O–H groups in total. The van der Waals surface area contributed by atoms with Crippen LogP contribution in [0.4, 0.5) is 0 Å². The van der Waals surface area contributed by atoms with E-state index in [9.17, 15) is 4.79 Å². The van der Waals surface area contributed by atoms with Gasteiger partial charge in [0.15, 0.2) is 0 Å². The van der Waals surface area contributed by atoms with Crippen LogP contribution >= 0.6 is 0 Å². The first-order valence-electron chi connectivity index (χ1n) is 5.01. The van der Waals surface area contributed by atoms with Gasteiger partial charge in [-0.2, -0.15) is 0 Å². The summed E-state index contributed by atoms with van der Waals surface area (Å²) in [7, 11) is 0. The van der Waals surface area contributed by atoms with Gasteiger partial charge in [0.2, 0.25) is 5.91 Å². The predicted molar refractivity (Wildman–Crippen MR) is 57.9 cm³/mol. The molecule has 0 radical (unpaired) electrons. The highest BCUT2D eigenvalue weighted by molar-refractivity contribution is 5.81. The number of hydrogen-bond acceptors (Lipinski definition) is 2. The zero-order valence-electron chi connectivity index (χ0n) is 10.1. The molecule has 0 aliphatic carbocycles. The third-order valence-electron chi connectivity index (χ3n) is 2.21. The minimum atomic E-state index is -0.404. The molecule has 0 aliphatic rings. The first-order valence-corrected chi connectivity index (χ1v) is 5.01. The first-order chi connectivity index (χ1) is 6.09. The maximum absolute atomic E-state index is 11.7. The second-order valence-corrected chi connectivity index (χ2v) is 5.82. The Bertz CT molecular complexity index is 198. The molecule has 0 aliphatic heterocycles. The Kier molecular flexibility index (Phi) is 4.13. The molecule has 1 atom stereocenters. The van der Waals surface area contributed by atoms with E-state index in [0.717, 1.165) is 0 Å². The van der Waals surface area contributed by atoms with Crippen LogP contribution in [-0.4, -0.2) is 23.7 Å². The molecule has 84 valence electrons. The van der Waals surface area contributed by atoms with E-state index in [1.54, 1.807) is 0 Å². The quantitative estimate of drug-likeness (QED) is 0.712. The van der Waals surface area contributed by atoms with Gasteiger partial charge in [-0.3, -0.25) is 4.79 Å². The molecule has 0 bridgehead atoms. The van der Waals surface area contributed by atoms with Gasteiger partial charge in [-0.15, -0.1) is 0 Å². The highest BCUT2D eigenvalue weighted by Crippen LogP contribution is 2.21. The van der Waals surface area contributed by atoms with Gasteiger partial charge in [-0.05, 0) is 5.41 Å². The van der Waals surface area contributed by atoms with Gasteiger partial charge in [0.05, 0.1) is 12.6 Å². The SMILES string of the molecule is CC(C)(C)C(=O)N[C@H](CO)C(C)(C)C. The Morgan fingerprint density at radius 1 is 1.21 bits per heavy atom. The molecule has 0 aromatic heterocycles. The monoisotopic (exact) mass is 201 g/mol. The van der Waals surface area contributed by atoms with Gasteiger partial charge in [0, 0.05) is 5.41 Å². The highest BCUT2D eigenvalue weighted by Gasteiger charge is 2.29. The number of hydrogen-bond donors (Lipinski definition) is 2. The largest absolute Gasteiger partial charge is 0.394 e. The van der Waals surface area contributed by atoms with Crippen molar-refractivity contribution in [2.75, 3.05) is 6.61 Å². The molecule has 0 heterocycles. The summed E-state index contributed by atoms with van der Waals surface area (Å²) in [4.78, 5) is 11.7. The molecular weight excluding hydrogens is 178 g/mol. The normalized spacial score (nSPS) is 15.1. The minimum absolute atomic E-state index is 0.0218. The molecule has 0 aromatic carbocycles. The van der Waals surface area contributed by atoms with E-state index in [1.165, 1.54) is 0 Å². The molecule has 3 nitrogen and oxygen atoms in total. The fourth-order valence-electron chi connectivity index (χ4n) is 0.911. The highest BCUT2D eigenvalue weighted by atomic mass is 16.3. The van der Waals surface area contributed by atoms with Crippen LogP contribution in [0, 0.1) is 10.8 Å². The molecule has 3 heteroatoms. The van der Waals surface area contributed by atoms with Crippen LogP contribution in [0.2, 0.25) is 0 Å². The maximum atomic E-state index is 11.7. The van der Waals surface area contributed by atoms with Crippen LogP contribution in [0.3, 0.4) is 0 Å². The first kappa shape index (κ1) is 13.4. The van der Waals surface area contributed by atoms with Crippen molar-refractivity contribution < 1.29 is 9.90 Å². The van der Waals surface area contributed by atoms with Crippen LogP contribution in [-0.2, 0) is 4.79 Å². The fraction of sp³-hybridized carbons (Fsp3) is 0.909. The van der Waals surface area contributed by atoms with Gasteiger partial charge >= 0.3 is 0 Å². The summed E-state index contributed by atoms with van der Waals surface area (Å²) in [6, 6.07) is -0.186. The lowest BCUT2D eigenvalue weighted by molar-refractivity contribution is -0.130. The molecule has 14 heavy (non-hydrogen) atoms. The maximum Gasteiger partial charge on any atom is 0.225 e. The molecule has 0 unspecified atom stereocenters. The van der Waals surface area contributed by atoms with Crippen molar-refractivity contribution in [3.05, 3.63) is 0 Å². The van der Waals surface area contributed by atoms with Crippen LogP contribution in [0.1, 0.15) is 41.5 Å². The number of carbonyl (C=O) groups is 1. The van der Waals surface area contributed by atoms with E-state index < -0.39 is 5.41 Å². The van der Waals surface area contributed by atoms with Crippen molar-refractivity contribution in [3.63, 3.8) is 0 Å². The molecule has 0 aromatic rings. The van der Waals surface area contributed by atoms with E-state index in [-0.39, 0.29) is 24.0 Å². The van der Waals surface area contributed by atoms with Crippen LogP contribution in [0.25, 0.3) is 0 Å². The Labute approximate surface area is 86.9 Å². The topological polar surface area (TPSA) is 49.3 Å². The Balaban J connectivity index is 4.43. The lowest BCUT2D eigenvalue weighted by Gasteiger charge is -2.32. The van der Waals surface area contributed by atoms with Gasteiger partial charge in [-0.25, -0.2) is 0 Å². The lowest BCUT2D eigenvalue weighted by Crippen LogP contribution is -2.49. The summed E-state index contributed by atoms with van der Waals surface area (Å²) in [6.45, 7) is 11.5. The van der Waals surface area contributed by atoms with Gasteiger partial charge in [0.25, 0.3) is 0 Å². The molecule has 0 spiro atoms. The average molecular weight is 201 g/mol. The average Bonchev–Trinajstić information content (AvgIpc) is 1.95. The van der Waals surface area contributed by atoms with Crippen molar-refractivity contribution in [1.29, 1.82) is 0 Å². The molecule has 0 fully saturated rings. The van der Waals surface area contributed by atoms with Gasteiger partial charge < -0.3 is 10.4 Å². The molecule has 1 amide bonds. The summed E-state index contributed by atoms with van der Waals surface area (Å²) in [6.07, 6.45) is 0. The van der Waals surface area contributed by atoms with E-state index in [4.69, 9.17) is 5.11 Å². The second kappa shape index (κ2) is 4.30. The smallest absolute Gasteiger partial charge is 0.225 e. The summed E-state index contributed by atoms with van der Waals surface area (Å²) in [5.74, 6) is -0.0218. The third-order valence-corrected chi connectivity index (χ3v) is 2.21. The van der Waals surface area contributed by atoms with Gasteiger partial charge in [0.1, 0.15) is 0 Å². The molecule has 0 saturated carbocycles. The minimum Gasteiger partial charge on any atom is -0.394 e. The van der Waals surface area contributed by atoms with E-state index in [0.29, 0.717) is 0 Å². The third kappa shape index (κ3) is 4.09. The summed E-state index contributed by atoms with van der Waals surface area (Å²) >= 11 is 0. The summed E-state index contributed by atoms with van der Waals surface area (Å²) < 4.78 is 0. The number of rotatable bonds is 2. The van der Waals surface area contributed by atoms with Crippen LogP contribution < -0.4 is 5.32 Å². The lowest BCUT2D eigenvalue weighted by atomic mass is 9.86. The zero-order valence-corrected chi connectivity index (χ0v) is 10.1. The Morgan fingerprint density at radius 2 is 1.64 bits per heavy atom. The Morgan fingerprint density at radius 3 is 1.86 bits per heavy atom. The molecular formula is C11H23NO2. The Hall–Kier alpha value is -0.570. The van der Waals surface area contributed by atoms with Crippen molar-refractivity contribution in [2.24, 2.45) is 10.8 Å². The summed E-state index contributed by atoms with van der Waals surface area (Å²) in [5.41, 5.74) is -0.520. The molecule has 0 saturated heterocycles. The van der Waals surface area contributed by atoms with Crippen molar-refractivity contribution in [1.82, 2.24) is 5.32 Å². The standard InChI is InChI=1S/C11H23NO2/c1-10(2,3)8(7-13)12-9(14)11(4,5)6/h8,13H,7H2,1-6H3,(H,12,14)/t8-/m1/s1. The predicted octanol–water partition coefficient (Wildman–Crippen LogP) is 1.56. The fourth-order valence-corrected chi connectivity index (χ4v) is 0.911. The van der Waals surface area contributed by atoms with Crippen molar-refractivity contribution in [2.45, 2.75) is 47.6 Å². The zero-order chi connectivity index (χ0) is 11.6. The van der Waals surface area contributed by atoms with Crippen molar-refractivity contribution in [3.8, 4) is 0 Å². The second-order valence-electron chi connectivity index (χ2n) is 5.82.